The van der Waals surface area contributed by atoms with Gasteiger partial charge >= 0.3 is 11.9 Å². The van der Waals surface area contributed by atoms with E-state index in [0.717, 1.165) is 18.6 Å². The number of benzene rings is 1. The molecule has 1 atom stereocenters. The van der Waals surface area contributed by atoms with Gasteiger partial charge in [-0.3, -0.25) is 4.79 Å². The molecular weight excluding hydrogens is 444 g/mol. The van der Waals surface area contributed by atoms with Crippen LogP contribution in [0.5, 0.6) is 11.5 Å². The molecule has 1 aromatic carbocycles. The van der Waals surface area contributed by atoms with Gasteiger partial charge in [-0.05, 0) is 43.2 Å². The molecule has 0 saturated heterocycles. The van der Waals surface area contributed by atoms with Crippen molar-refractivity contribution in [3.05, 3.63) is 35.9 Å². The van der Waals surface area contributed by atoms with Crippen molar-refractivity contribution in [2.24, 2.45) is 0 Å². The first-order chi connectivity index (χ1) is 17.0. The molecule has 0 amide bonds. The Morgan fingerprint density at radius 1 is 0.829 bits per heavy atom. The van der Waals surface area contributed by atoms with Gasteiger partial charge in [-0.15, -0.1) is 0 Å². The summed E-state index contributed by atoms with van der Waals surface area (Å²) in [6, 6.07) is 7.16. The highest BCUT2D eigenvalue weighted by molar-refractivity contribution is 5.91. The molecular formula is C29H44O6. The lowest BCUT2D eigenvalue weighted by Crippen LogP contribution is -2.41. The summed E-state index contributed by atoms with van der Waals surface area (Å²) in [7, 11) is 1.60. The predicted octanol–water partition coefficient (Wildman–Crippen LogP) is 6.95. The fourth-order valence-corrected chi connectivity index (χ4v) is 4.27. The van der Waals surface area contributed by atoms with E-state index in [9.17, 15) is 9.59 Å². The Balaban J connectivity index is 1.74. The number of carbonyl (C=O) groups is 2. The van der Waals surface area contributed by atoms with E-state index in [0.29, 0.717) is 17.7 Å². The Hall–Kier alpha value is -2.50. The van der Waals surface area contributed by atoms with Gasteiger partial charge < -0.3 is 18.9 Å². The zero-order chi connectivity index (χ0) is 25.4. The minimum Gasteiger partial charge on any atom is -0.497 e. The largest absolute Gasteiger partial charge is 0.497 e. The monoisotopic (exact) mass is 488 g/mol. The van der Waals surface area contributed by atoms with E-state index in [-0.39, 0.29) is 19.2 Å². The molecule has 0 spiro atoms. The third-order valence-corrected chi connectivity index (χ3v) is 6.36. The van der Waals surface area contributed by atoms with Gasteiger partial charge in [-0.1, -0.05) is 77.6 Å². The number of esters is 2. The maximum Gasteiger partial charge on any atom is 0.334 e. The summed E-state index contributed by atoms with van der Waals surface area (Å²) in [5.74, 6) is 0.571. The third-order valence-electron chi connectivity index (χ3n) is 6.36. The maximum absolute atomic E-state index is 12.6. The zero-order valence-electron chi connectivity index (χ0n) is 21.9. The summed E-state index contributed by atoms with van der Waals surface area (Å²) in [5.41, 5.74) is -0.461. The molecule has 196 valence electrons. The summed E-state index contributed by atoms with van der Waals surface area (Å²) in [6.07, 6.45) is 17.7. The molecule has 2 rings (SSSR count). The molecule has 0 bridgehead atoms. The predicted molar refractivity (Wildman–Crippen MR) is 138 cm³/mol. The average molecular weight is 489 g/mol. The highest BCUT2D eigenvalue weighted by atomic mass is 16.6. The second-order valence-electron chi connectivity index (χ2n) is 9.51. The standard InChI is InChI=1S/C29H44O6/c1-4-5-6-7-8-9-10-11-12-13-14-15-16-25-21-29(35-28(25)31,22-33-24(2)30)23-34-27-19-17-26(32-3)18-20-27/h17-21H,4-16,22-23H2,1-3H3. The van der Waals surface area contributed by atoms with Gasteiger partial charge in [-0.2, -0.15) is 0 Å². The van der Waals surface area contributed by atoms with Crippen LogP contribution in [0.25, 0.3) is 0 Å². The minimum absolute atomic E-state index is 0.0633. The number of hydrogen-bond donors (Lipinski definition) is 0. The zero-order valence-corrected chi connectivity index (χ0v) is 21.9. The van der Waals surface area contributed by atoms with Crippen LogP contribution in [0, 0.1) is 0 Å². The number of rotatable bonds is 19. The van der Waals surface area contributed by atoms with Crippen LogP contribution in [0.4, 0.5) is 0 Å². The second kappa shape index (κ2) is 16.2. The number of carbonyl (C=O) groups excluding carboxylic acids is 2. The van der Waals surface area contributed by atoms with Crippen molar-refractivity contribution in [1.29, 1.82) is 0 Å². The highest BCUT2D eigenvalue weighted by Crippen LogP contribution is 2.30. The molecule has 1 aliphatic rings. The lowest BCUT2D eigenvalue weighted by atomic mass is 10.0. The number of unbranched alkanes of at least 4 members (excludes halogenated alkanes) is 11. The van der Waals surface area contributed by atoms with E-state index < -0.39 is 11.6 Å². The smallest absolute Gasteiger partial charge is 0.334 e. The van der Waals surface area contributed by atoms with Crippen LogP contribution in [0.3, 0.4) is 0 Å². The Labute approximate surface area is 211 Å². The fraction of sp³-hybridized carbons (Fsp3) is 0.655. The normalized spacial score (nSPS) is 17.1. The molecule has 0 fully saturated rings. The van der Waals surface area contributed by atoms with Gasteiger partial charge in [0.1, 0.15) is 24.7 Å². The average Bonchev–Trinajstić information content (AvgIpc) is 3.18. The van der Waals surface area contributed by atoms with Crippen molar-refractivity contribution in [2.75, 3.05) is 20.3 Å². The van der Waals surface area contributed by atoms with E-state index in [1.54, 1.807) is 37.5 Å². The number of ether oxygens (including phenoxy) is 4. The van der Waals surface area contributed by atoms with Gasteiger partial charge in [0.2, 0.25) is 0 Å². The quantitative estimate of drug-likeness (QED) is 0.155. The van der Waals surface area contributed by atoms with E-state index in [2.05, 4.69) is 6.92 Å². The Bertz CT molecular complexity index is 785. The summed E-state index contributed by atoms with van der Waals surface area (Å²) in [6.45, 7) is 3.60. The first-order valence-corrected chi connectivity index (χ1v) is 13.3. The Morgan fingerprint density at radius 3 is 1.91 bits per heavy atom. The molecule has 0 radical (unpaired) electrons. The Kier molecular flexibility index (Phi) is 13.3. The maximum atomic E-state index is 12.6. The van der Waals surface area contributed by atoms with Gasteiger partial charge in [0.15, 0.2) is 5.60 Å². The van der Waals surface area contributed by atoms with Crippen molar-refractivity contribution in [3.8, 4) is 11.5 Å². The Morgan fingerprint density at radius 2 is 1.37 bits per heavy atom. The van der Waals surface area contributed by atoms with Gasteiger partial charge in [0, 0.05) is 12.5 Å². The molecule has 0 aliphatic carbocycles. The summed E-state index contributed by atoms with van der Waals surface area (Å²) < 4.78 is 21.9. The molecule has 35 heavy (non-hydrogen) atoms. The second-order valence-corrected chi connectivity index (χ2v) is 9.51. The van der Waals surface area contributed by atoms with Gasteiger partial charge in [0.25, 0.3) is 0 Å². The van der Waals surface area contributed by atoms with Crippen LogP contribution in [0.1, 0.15) is 97.3 Å². The summed E-state index contributed by atoms with van der Waals surface area (Å²) >= 11 is 0. The molecule has 1 heterocycles. The van der Waals surface area contributed by atoms with Crippen molar-refractivity contribution >= 4 is 11.9 Å². The van der Waals surface area contributed by atoms with Crippen molar-refractivity contribution in [3.63, 3.8) is 0 Å². The topological polar surface area (TPSA) is 71.1 Å². The molecule has 0 aromatic heterocycles. The van der Waals surface area contributed by atoms with Crippen LogP contribution in [0.15, 0.2) is 35.9 Å². The van der Waals surface area contributed by atoms with Crippen LogP contribution in [-0.4, -0.2) is 37.9 Å². The van der Waals surface area contributed by atoms with E-state index in [4.69, 9.17) is 18.9 Å². The lowest BCUT2D eigenvalue weighted by molar-refractivity contribution is -0.162. The molecule has 1 aromatic rings. The minimum atomic E-state index is -1.10. The number of cyclic esters (lactones) is 1. The molecule has 6 heteroatoms. The van der Waals surface area contributed by atoms with E-state index in [1.165, 1.54) is 71.1 Å². The van der Waals surface area contributed by atoms with Gasteiger partial charge in [0.05, 0.1) is 7.11 Å². The van der Waals surface area contributed by atoms with Crippen LogP contribution >= 0.6 is 0 Å². The lowest BCUT2D eigenvalue weighted by Gasteiger charge is -2.25. The third kappa shape index (κ3) is 11.2. The van der Waals surface area contributed by atoms with Crippen LogP contribution < -0.4 is 9.47 Å². The van der Waals surface area contributed by atoms with Crippen molar-refractivity contribution < 1.29 is 28.5 Å². The van der Waals surface area contributed by atoms with E-state index >= 15 is 0 Å². The SMILES string of the molecule is CCCCCCCCCCCCCCC1=CC(COC(C)=O)(COc2ccc(OC)cc2)OC1=O. The van der Waals surface area contributed by atoms with Crippen molar-refractivity contribution in [2.45, 2.75) is 103 Å². The highest BCUT2D eigenvalue weighted by Gasteiger charge is 2.42. The van der Waals surface area contributed by atoms with E-state index in [1.807, 2.05) is 0 Å². The van der Waals surface area contributed by atoms with Gasteiger partial charge in [-0.25, -0.2) is 4.79 Å². The number of methoxy groups -OCH3 is 1. The van der Waals surface area contributed by atoms with Crippen molar-refractivity contribution in [1.82, 2.24) is 0 Å². The molecule has 1 unspecified atom stereocenters. The van der Waals surface area contributed by atoms with Crippen LogP contribution in [0.2, 0.25) is 0 Å². The molecule has 0 saturated carbocycles. The summed E-state index contributed by atoms with van der Waals surface area (Å²) in [4.78, 5) is 24.0. The summed E-state index contributed by atoms with van der Waals surface area (Å²) in [5, 5.41) is 0. The first kappa shape index (κ1) is 28.7. The fourth-order valence-electron chi connectivity index (χ4n) is 4.27. The number of hydrogen-bond acceptors (Lipinski definition) is 6. The molecule has 6 nitrogen and oxygen atoms in total. The molecule has 0 N–H and O–H groups in total. The molecule has 1 aliphatic heterocycles. The van der Waals surface area contributed by atoms with Crippen LogP contribution in [-0.2, 0) is 19.1 Å². The first-order valence-electron chi connectivity index (χ1n) is 13.3.